The highest BCUT2D eigenvalue weighted by Gasteiger charge is 2.18. The molecule has 0 spiro atoms. The number of nitrogens with zero attached hydrogens (tertiary/aromatic N) is 1. The highest BCUT2D eigenvalue weighted by Crippen LogP contribution is 2.28. The summed E-state index contributed by atoms with van der Waals surface area (Å²) < 4.78 is 0. The summed E-state index contributed by atoms with van der Waals surface area (Å²) >= 11 is 0. The van der Waals surface area contributed by atoms with Crippen molar-refractivity contribution in [3.8, 4) is 0 Å². The minimum atomic E-state index is -0.323. The van der Waals surface area contributed by atoms with Crippen LogP contribution in [0, 0.1) is 23.0 Å². The van der Waals surface area contributed by atoms with Gasteiger partial charge in [-0.05, 0) is 44.2 Å². The van der Waals surface area contributed by atoms with E-state index in [1.807, 2.05) is 12.1 Å². The van der Waals surface area contributed by atoms with Crippen LogP contribution in [0.15, 0.2) is 18.2 Å². The van der Waals surface area contributed by atoms with E-state index in [4.69, 9.17) is 0 Å². The van der Waals surface area contributed by atoms with Crippen molar-refractivity contribution in [2.75, 3.05) is 5.32 Å². The van der Waals surface area contributed by atoms with Gasteiger partial charge in [0.25, 0.3) is 5.69 Å². The number of nitrogens with one attached hydrogen (secondary N) is 1. The Kier molecular flexibility index (Phi) is 4.99. The molecular formula is C16H24N2O2. The Bertz CT molecular complexity index is 474. The molecule has 2 rings (SSSR count). The summed E-state index contributed by atoms with van der Waals surface area (Å²) in [7, 11) is 0. The molecule has 1 aromatic rings. The molecule has 110 valence electrons. The van der Waals surface area contributed by atoms with Gasteiger partial charge >= 0.3 is 0 Å². The van der Waals surface area contributed by atoms with Gasteiger partial charge in [-0.3, -0.25) is 10.1 Å². The first-order valence-electron chi connectivity index (χ1n) is 7.61. The van der Waals surface area contributed by atoms with E-state index in [9.17, 15) is 10.1 Å². The van der Waals surface area contributed by atoms with Crippen LogP contribution in [0.2, 0.25) is 0 Å². The Balaban J connectivity index is 1.99. The third-order valence-electron chi connectivity index (χ3n) is 4.43. The first-order chi connectivity index (χ1) is 9.60. The second-order valence-corrected chi connectivity index (χ2v) is 5.88. The Morgan fingerprint density at radius 2 is 2.10 bits per heavy atom. The summed E-state index contributed by atoms with van der Waals surface area (Å²) in [6.45, 7) is 4.07. The monoisotopic (exact) mass is 276 g/mol. The quantitative estimate of drug-likeness (QED) is 0.493. The van der Waals surface area contributed by atoms with Gasteiger partial charge in [0.2, 0.25) is 0 Å². The number of hydrogen-bond donors (Lipinski definition) is 1. The molecule has 0 saturated heterocycles. The third-order valence-corrected chi connectivity index (χ3v) is 4.43. The van der Waals surface area contributed by atoms with Crippen molar-refractivity contribution in [1.82, 2.24) is 0 Å². The SMILES string of the molecule is CCC1CCCC(Nc2ccc([N+](=O)[O-])c(C)c2)CC1. The Hall–Kier alpha value is -1.58. The summed E-state index contributed by atoms with van der Waals surface area (Å²) in [5, 5.41) is 14.4. The zero-order valence-corrected chi connectivity index (χ0v) is 12.4. The van der Waals surface area contributed by atoms with E-state index >= 15 is 0 Å². The van der Waals surface area contributed by atoms with Crippen LogP contribution < -0.4 is 5.32 Å². The lowest BCUT2D eigenvalue weighted by molar-refractivity contribution is -0.385. The van der Waals surface area contributed by atoms with Gasteiger partial charge in [0.15, 0.2) is 0 Å². The molecule has 1 aromatic carbocycles. The van der Waals surface area contributed by atoms with Gasteiger partial charge in [-0.15, -0.1) is 0 Å². The summed E-state index contributed by atoms with van der Waals surface area (Å²) in [6, 6.07) is 5.82. The van der Waals surface area contributed by atoms with Crippen LogP contribution in [-0.2, 0) is 0 Å². The largest absolute Gasteiger partial charge is 0.382 e. The minimum Gasteiger partial charge on any atom is -0.382 e. The zero-order valence-electron chi connectivity index (χ0n) is 12.4. The molecular weight excluding hydrogens is 252 g/mol. The van der Waals surface area contributed by atoms with Gasteiger partial charge in [-0.2, -0.15) is 0 Å². The van der Waals surface area contributed by atoms with Crippen LogP contribution in [-0.4, -0.2) is 11.0 Å². The lowest BCUT2D eigenvalue weighted by Gasteiger charge is -2.18. The molecule has 2 atom stereocenters. The molecule has 1 aliphatic carbocycles. The molecule has 0 amide bonds. The van der Waals surface area contributed by atoms with E-state index in [2.05, 4.69) is 12.2 Å². The highest BCUT2D eigenvalue weighted by atomic mass is 16.6. The topological polar surface area (TPSA) is 55.2 Å². The maximum absolute atomic E-state index is 10.8. The maximum Gasteiger partial charge on any atom is 0.272 e. The van der Waals surface area contributed by atoms with Crippen LogP contribution in [0.4, 0.5) is 11.4 Å². The van der Waals surface area contributed by atoms with Crippen molar-refractivity contribution in [2.24, 2.45) is 5.92 Å². The number of benzene rings is 1. The van der Waals surface area contributed by atoms with Gasteiger partial charge in [0, 0.05) is 23.4 Å². The van der Waals surface area contributed by atoms with Gasteiger partial charge in [-0.1, -0.05) is 26.2 Å². The van der Waals surface area contributed by atoms with Crippen molar-refractivity contribution < 1.29 is 4.92 Å². The second kappa shape index (κ2) is 6.73. The number of aryl methyl sites for hydroxylation is 1. The van der Waals surface area contributed by atoms with Crippen molar-refractivity contribution >= 4 is 11.4 Å². The van der Waals surface area contributed by atoms with Crippen molar-refractivity contribution in [2.45, 2.75) is 58.4 Å². The molecule has 0 bridgehead atoms. The Labute approximate surface area is 120 Å². The molecule has 1 saturated carbocycles. The fourth-order valence-corrected chi connectivity index (χ4v) is 3.12. The average Bonchev–Trinajstić information content (AvgIpc) is 2.63. The standard InChI is InChI=1S/C16H24N2O2/c1-3-13-5-4-6-14(8-7-13)17-15-9-10-16(18(19)20)12(2)11-15/h9-11,13-14,17H,3-8H2,1-2H3. The van der Waals surface area contributed by atoms with Crippen LogP contribution >= 0.6 is 0 Å². The molecule has 2 unspecified atom stereocenters. The molecule has 0 aliphatic heterocycles. The van der Waals surface area contributed by atoms with E-state index in [1.165, 1.54) is 38.5 Å². The minimum absolute atomic E-state index is 0.197. The van der Waals surface area contributed by atoms with E-state index < -0.39 is 0 Å². The van der Waals surface area contributed by atoms with E-state index in [0.29, 0.717) is 6.04 Å². The normalized spacial score (nSPS) is 23.1. The van der Waals surface area contributed by atoms with Crippen molar-refractivity contribution in [3.63, 3.8) is 0 Å². The molecule has 1 fully saturated rings. The number of anilines is 1. The molecule has 0 heterocycles. The Morgan fingerprint density at radius 3 is 2.75 bits per heavy atom. The van der Waals surface area contributed by atoms with Crippen molar-refractivity contribution in [3.05, 3.63) is 33.9 Å². The molecule has 1 aliphatic rings. The summed E-state index contributed by atoms with van der Waals surface area (Å²) in [5.41, 5.74) is 1.93. The predicted molar refractivity (Wildman–Crippen MR) is 82.1 cm³/mol. The summed E-state index contributed by atoms with van der Waals surface area (Å²) in [5.74, 6) is 0.875. The van der Waals surface area contributed by atoms with Crippen LogP contribution in [0.1, 0.15) is 51.0 Å². The van der Waals surface area contributed by atoms with E-state index in [1.54, 1.807) is 13.0 Å². The first kappa shape index (κ1) is 14.8. The number of rotatable bonds is 4. The average molecular weight is 276 g/mol. The zero-order chi connectivity index (χ0) is 14.5. The molecule has 0 radical (unpaired) electrons. The summed E-state index contributed by atoms with van der Waals surface area (Å²) in [4.78, 5) is 10.5. The summed E-state index contributed by atoms with van der Waals surface area (Å²) in [6.07, 6.45) is 7.60. The first-order valence-corrected chi connectivity index (χ1v) is 7.61. The second-order valence-electron chi connectivity index (χ2n) is 5.88. The van der Waals surface area contributed by atoms with E-state index in [-0.39, 0.29) is 10.6 Å². The van der Waals surface area contributed by atoms with Gasteiger partial charge < -0.3 is 5.32 Å². The maximum atomic E-state index is 10.8. The van der Waals surface area contributed by atoms with Crippen LogP contribution in [0.25, 0.3) is 0 Å². The molecule has 4 nitrogen and oxygen atoms in total. The smallest absolute Gasteiger partial charge is 0.272 e. The van der Waals surface area contributed by atoms with Gasteiger partial charge in [-0.25, -0.2) is 0 Å². The number of hydrogen-bond acceptors (Lipinski definition) is 3. The van der Waals surface area contributed by atoms with Crippen molar-refractivity contribution in [1.29, 1.82) is 0 Å². The Morgan fingerprint density at radius 1 is 1.30 bits per heavy atom. The fourth-order valence-electron chi connectivity index (χ4n) is 3.12. The van der Waals surface area contributed by atoms with E-state index in [0.717, 1.165) is 17.2 Å². The number of nitro groups is 1. The number of nitro benzene ring substituents is 1. The van der Waals surface area contributed by atoms with Crippen LogP contribution in [0.5, 0.6) is 0 Å². The molecule has 4 heteroatoms. The molecule has 20 heavy (non-hydrogen) atoms. The highest BCUT2D eigenvalue weighted by molar-refractivity contribution is 5.54. The third kappa shape index (κ3) is 3.71. The van der Waals surface area contributed by atoms with Gasteiger partial charge in [0.05, 0.1) is 4.92 Å². The lowest BCUT2D eigenvalue weighted by atomic mass is 9.98. The predicted octanol–water partition coefficient (Wildman–Crippen LogP) is 4.67. The van der Waals surface area contributed by atoms with Gasteiger partial charge in [0.1, 0.15) is 0 Å². The van der Waals surface area contributed by atoms with Crippen LogP contribution in [0.3, 0.4) is 0 Å². The molecule has 0 aromatic heterocycles. The lowest BCUT2D eigenvalue weighted by Crippen LogP contribution is -2.18. The molecule has 1 N–H and O–H groups in total. The fraction of sp³-hybridized carbons (Fsp3) is 0.625.